The van der Waals surface area contributed by atoms with Crippen molar-refractivity contribution < 1.29 is 0 Å². The van der Waals surface area contributed by atoms with Gasteiger partial charge >= 0.3 is 0 Å². The molecule has 0 aliphatic rings. The van der Waals surface area contributed by atoms with Gasteiger partial charge in [0, 0.05) is 36.5 Å². The first-order chi connectivity index (χ1) is 17.3. The van der Waals surface area contributed by atoms with Crippen molar-refractivity contribution in [1.82, 2.24) is 4.98 Å². The number of pyridine rings is 1. The maximum atomic E-state index is 4.98. The first kappa shape index (κ1) is 19.1. The number of aromatic nitrogens is 1. The van der Waals surface area contributed by atoms with Gasteiger partial charge in [-0.15, -0.1) is 11.3 Å². The van der Waals surface area contributed by atoms with Gasteiger partial charge < -0.3 is 0 Å². The highest BCUT2D eigenvalue weighted by molar-refractivity contribution is 7.27. The Morgan fingerprint density at radius 1 is 0.486 bits per heavy atom. The number of nitrogens with zero attached hydrogens (tertiary/aromatic N) is 1. The van der Waals surface area contributed by atoms with Gasteiger partial charge in [0.25, 0.3) is 0 Å². The average Bonchev–Trinajstić information content (AvgIpc) is 3.31. The van der Waals surface area contributed by atoms with Gasteiger partial charge in [-0.1, -0.05) is 91.0 Å². The normalized spacial score (nSPS) is 12.0. The van der Waals surface area contributed by atoms with Crippen LogP contribution in [-0.2, 0) is 0 Å². The molecule has 0 fully saturated rings. The van der Waals surface area contributed by atoms with E-state index in [2.05, 4.69) is 115 Å². The van der Waals surface area contributed by atoms with E-state index < -0.39 is 0 Å². The number of fused-ring (bicyclic) bond motifs is 11. The van der Waals surface area contributed by atoms with Crippen molar-refractivity contribution in [2.75, 3.05) is 0 Å². The molecular weight excluding hydrogens is 442 g/mol. The zero-order valence-electron chi connectivity index (χ0n) is 18.8. The van der Waals surface area contributed by atoms with Crippen molar-refractivity contribution in [3.05, 3.63) is 115 Å². The van der Waals surface area contributed by atoms with Crippen LogP contribution in [0.3, 0.4) is 0 Å². The van der Waals surface area contributed by atoms with Gasteiger partial charge in [0.2, 0.25) is 0 Å². The van der Waals surface area contributed by atoms with E-state index in [1.807, 2.05) is 11.3 Å². The topological polar surface area (TPSA) is 12.9 Å². The van der Waals surface area contributed by atoms with Crippen molar-refractivity contribution in [2.45, 2.75) is 0 Å². The minimum Gasteiger partial charge on any atom is -0.248 e. The minimum absolute atomic E-state index is 1.01. The minimum atomic E-state index is 1.01. The van der Waals surface area contributed by atoms with Gasteiger partial charge in [-0.05, 0) is 51.2 Å². The van der Waals surface area contributed by atoms with Crippen molar-refractivity contribution in [3.8, 4) is 11.3 Å². The second kappa shape index (κ2) is 7.11. The third kappa shape index (κ3) is 2.72. The molecule has 0 unspecified atom stereocenters. The summed E-state index contributed by atoms with van der Waals surface area (Å²) in [7, 11) is 0. The molecule has 2 heteroatoms. The van der Waals surface area contributed by atoms with Crippen LogP contribution in [0.15, 0.2) is 115 Å². The Bertz CT molecular complexity index is 2120. The summed E-state index contributed by atoms with van der Waals surface area (Å²) >= 11 is 1.90. The van der Waals surface area contributed by atoms with Gasteiger partial charge in [0.05, 0.1) is 11.2 Å². The Morgan fingerprint density at radius 2 is 1.23 bits per heavy atom. The summed E-state index contributed by atoms with van der Waals surface area (Å²) in [6.45, 7) is 0. The van der Waals surface area contributed by atoms with Gasteiger partial charge in [-0.3, -0.25) is 0 Å². The molecule has 6 aromatic carbocycles. The summed E-state index contributed by atoms with van der Waals surface area (Å²) in [6.07, 6.45) is 0. The highest BCUT2D eigenvalue weighted by Crippen LogP contribution is 2.46. The van der Waals surface area contributed by atoms with Gasteiger partial charge in [0.1, 0.15) is 0 Å². The number of hydrogen-bond donors (Lipinski definition) is 0. The number of hydrogen-bond acceptors (Lipinski definition) is 2. The Morgan fingerprint density at radius 3 is 2.14 bits per heavy atom. The molecule has 8 aromatic rings. The fraction of sp³-hybridized carbons (Fsp3) is 0. The molecule has 1 nitrogen and oxygen atoms in total. The monoisotopic (exact) mass is 461 g/mol. The Balaban J connectivity index is 1.55. The van der Waals surface area contributed by atoms with Gasteiger partial charge in [0.15, 0.2) is 0 Å². The van der Waals surface area contributed by atoms with Crippen LogP contribution in [-0.4, -0.2) is 4.98 Å². The maximum absolute atomic E-state index is 4.98. The number of rotatable bonds is 1. The van der Waals surface area contributed by atoms with E-state index in [0.717, 1.165) is 16.8 Å². The van der Waals surface area contributed by atoms with Crippen molar-refractivity contribution in [3.63, 3.8) is 0 Å². The molecule has 0 saturated heterocycles. The lowest BCUT2D eigenvalue weighted by Gasteiger charge is -2.11. The van der Waals surface area contributed by atoms with Crippen LogP contribution in [0.5, 0.6) is 0 Å². The predicted octanol–water partition coefficient (Wildman–Crippen LogP) is 9.73. The summed E-state index contributed by atoms with van der Waals surface area (Å²) < 4.78 is 2.68. The summed E-state index contributed by atoms with van der Waals surface area (Å²) in [6, 6.07) is 41.6. The fourth-order valence-electron chi connectivity index (χ4n) is 5.60. The highest BCUT2D eigenvalue weighted by atomic mass is 32.1. The van der Waals surface area contributed by atoms with E-state index >= 15 is 0 Å². The van der Waals surface area contributed by atoms with E-state index in [9.17, 15) is 0 Å². The molecule has 2 heterocycles. The van der Waals surface area contributed by atoms with E-state index in [1.165, 1.54) is 57.9 Å². The Kier molecular flexibility index (Phi) is 3.88. The summed E-state index contributed by atoms with van der Waals surface area (Å²) in [4.78, 5) is 4.98. The van der Waals surface area contributed by atoms with E-state index in [1.54, 1.807) is 0 Å². The molecule has 0 aliphatic heterocycles. The lowest BCUT2D eigenvalue weighted by atomic mass is 9.93. The maximum Gasteiger partial charge on any atom is 0.0709 e. The molecule has 0 atom stereocenters. The van der Waals surface area contributed by atoms with Crippen LogP contribution in [0.2, 0.25) is 0 Å². The molecule has 162 valence electrons. The second-order valence-corrected chi connectivity index (χ2v) is 10.2. The third-order valence-corrected chi connectivity index (χ3v) is 8.43. The Labute approximate surface area is 205 Å². The molecule has 0 radical (unpaired) electrons. The first-order valence-electron chi connectivity index (χ1n) is 11.9. The second-order valence-electron chi connectivity index (χ2n) is 9.16. The van der Waals surface area contributed by atoms with Crippen LogP contribution < -0.4 is 0 Å². The largest absolute Gasteiger partial charge is 0.248 e. The van der Waals surface area contributed by atoms with Gasteiger partial charge in [-0.2, -0.15) is 0 Å². The standard InChI is InChI=1S/C33H19NS/c1-3-9-23-20(7-1)13-16-25-24-10-4-5-11-26(24)33-32(31(23)25)27-19-22(15-18-30(27)35-33)29-17-14-21-8-2-6-12-28(21)34-29/h1-19H. The molecular formula is C33H19NS. The number of benzene rings is 6. The van der Waals surface area contributed by atoms with E-state index in [-0.39, 0.29) is 0 Å². The molecule has 2 aromatic heterocycles. The summed E-state index contributed by atoms with van der Waals surface area (Å²) in [5, 5.41) is 11.8. The van der Waals surface area contributed by atoms with E-state index in [0.29, 0.717) is 0 Å². The van der Waals surface area contributed by atoms with Crippen LogP contribution in [0.1, 0.15) is 0 Å². The van der Waals surface area contributed by atoms with Crippen LogP contribution in [0.25, 0.3) is 74.6 Å². The predicted molar refractivity (Wildman–Crippen MR) is 153 cm³/mol. The fourth-order valence-corrected chi connectivity index (χ4v) is 6.83. The number of para-hydroxylation sites is 1. The molecule has 0 spiro atoms. The SMILES string of the molecule is c1ccc2nc(-c3ccc4sc5c6ccccc6c6ccc7ccccc7c6c5c4c3)ccc2c1. The highest BCUT2D eigenvalue weighted by Gasteiger charge is 2.17. The summed E-state index contributed by atoms with van der Waals surface area (Å²) in [5.41, 5.74) is 3.20. The van der Waals surface area contributed by atoms with E-state index in [4.69, 9.17) is 4.98 Å². The van der Waals surface area contributed by atoms with Crippen molar-refractivity contribution >= 4 is 74.7 Å². The van der Waals surface area contributed by atoms with Crippen molar-refractivity contribution in [1.29, 1.82) is 0 Å². The molecule has 0 aliphatic carbocycles. The van der Waals surface area contributed by atoms with Crippen LogP contribution >= 0.6 is 11.3 Å². The zero-order valence-corrected chi connectivity index (χ0v) is 19.6. The molecule has 0 bridgehead atoms. The molecule has 35 heavy (non-hydrogen) atoms. The Hall–Kier alpha value is -4.27. The average molecular weight is 462 g/mol. The third-order valence-electron chi connectivity index (χ3n) is 7.22. The lowest BCUT2D eigenvalue weighted by molar-refractivity contribution is 1.40. The summed E-state index contributed by atoms with van der Waals surface area (Å²) in [5.74, 6) is 0. The van der Waals surface area contributed by atoms with Crippen molar-refractivity contribution in [2.24, 2.45) is 0 Å². The lowest BCUT2D eigenvalue weighted by Crippen LogP contribution is -1.85. The first-order valence-corrected chi connectivity index (χ1v) is 12.7. The molecule has 0 amide bonds. The molecule has 8 rings (SSSR count). The van der Waals surface area contributed by atoms with Gasteiger partial charge in [-0.25, -0.2) is 4.98 Å². The quantitative estimate of drug-likeness (QED) is 0.222. The molecule has 0 saturated carbocycles. The molecule has 0 N–H and O–H groups in total. The van der Waals surface area contributed by atoms with Crippen LogP contribution in [0, 0.1) is 0 Å². The van der Waals surface area contributed by atoms with Crippen LogP contribution in [0.4, 0.5) is 0 Å². The zero-order chi connectivity index (χ0) is 22.9. The number of thiophene rings is 1. The smallest absolute Gasteiger partial charge is 0.0709 e.